The highest BCUT2D eigenvalue weighted by molar-refractivity contribution is 5.70. The number of hydrogen-bond acceptors (Lipinski definition) is 4. The van der Waals surface area contributed by atoms with Crippen LogP contribution < -0.4 is 0 Å². The second-order valence-electron chi connectivity index (χ2n) is 3.87. The second-order valence-corrected chi connectivity index (χ2v) is 3.87. The molecule has 1 saturated heterocycles. The molecule has 0 bridgehead atoms. The summed E-state index contributed by atoms with van der Waals surface area (Å²) in [4.78, 5) is 23.5. The number of amides is 1. The smallest absolute Gasteiger partial charge is 0.410 e. The summed E-state index contributed by atoms with van der Waals surface area (Å²) in [5.41, 5.74) is 0. The van der Waals surface area contributed by atoms with Gasteiger partial charge in [0.25, 0.3) is 0 Å². The van der Waals surface area contributed by atoms with Crippen molar-refractivity contribution >= 4 is 12.1 Å². The molecule has 0 saturated carbocycles. The van der Waals surface area contributed by atoms with Crippen LogP contribution in [0.3, 0.4) is 0 Å². The third kappa shape index (κ3) is 2.77. The summed E-state index contributed by atoms with van der Waals surface area (Å²) in [7, 11) is 0. The molecule has 2 heterocycles. The zero-order chi connectivity index (χ0) is 12.3. The highest BCUT2D eigenvalue weighted by atomic mass is 16.6. The lowest BCUT2D eigenvalue weighted by atomic mass is 10.1. The van der Waals surface area contributed by atoms with Crippen molar-refractivity contribution in [1.29, 1.82) is 0 Å². The first-order chi connectivity index (χ1) is 8.16. The van der Waals surface area contributed by atoms with E-state index in [-0.39, 0.29) is 19.1 Å². The van der Waals surface area contributed by atoms with E-state index in [0.29, 0.717) is 18.7 Å². The summed E-state index contributed by atoms with van der Waals surface area (Å²) < 4.78 is 10.1. The Balaban J connectivity index is 1.96. The Bertz CT molecular complexity index is 400. The average molecular weight is 239 g/mol. The fourth-order valence-electron chi connectivity index (χ4n) is 1.78. The van der Waals surface area contributed by atoms with Gasteiger partial charge in [-0.05, 0) is 18.6 Å². The maximum absolute atomic E-state index is 11.5. The highest BCUT2D eigenvalue weighted by Crippen LogP contribution is 2.20. The standard InChI is InChI=1S/C11H13NO5/c13-10(14)4-3-8-7-17-11(15)12(8)6-9-2-1-5-16-9/h1-2,5,8H,3-4,6-7H2,(H,13,14). The Kier molecular flexibility index (Phi) is 3.32. The molecular formula is C11H13NO5. The Hall–Kier alpha value is -1.98. The fraction of sp³-hybridized carbons (Fsp3) is 0.455. The van der Waals surface area contributed by atoms with Crippen LogP contribution in [0, 0.1) is 0 Å². The predicted molar refractivity (Wildman–Crippen MR) is 56.3 cm³/mol. The Morgan fingerprint density at radius 1 is 1.59 bits per heavy atom. The summed E-state index contributed by atoms with van der Waals surface area (Å²) in [5, 5.41) is 8.62. The molecule has 1 unspecified atom stereocenters. The molecule has 6 nitrogen and oxygen atoms in total. The molecular weight excluding hydrogens is 226 g/mol. The normalized spacial score (nSPS) is 19.4. The van der Waals surface area contributed by atoms with Gasteiger partial charge in [-0.3, -0.25) is 9.69 Å². The second kappa shape index (κ2) is 4.90. The minimum Gasteiger partial charge on any atom is -0.481 e. The third-order valence-corrected chi connectivity index (χ3v) is 2.67. The van der Waals surface area contributed by atoms with Gasteiger partial charge in [0.05, 0.1) is 18.8 Å². The molecule has 92 valence electrons. The van der Waals surface area contributed by atoms with Crippen molar-refractivity contribution in [3.8, 4) is 0 Å². The minimum atomic E-state index is -0.873. The molecule has 1 aromatic rings. The van der Waals surface area contributed by atoms with Crippen molar-refractivity contribution in [2.75, 3.05) is 6.61 Å². The number of carbonyl (C=O) groups is 2. The molecule has 2 rings (SSSR count). The maximum atomic E-state index is 11.5. The van der Waals surface area contributed by atoms with Gasteiger partial charge < -0.3 is 14.3 Å². The first-order valence-electron chi connectivity index (χ1n) is 5.34. The molecule has 17 heavy (non-hydrogen) atoms. The van der Waals surface area contributed by atoms with Gasteiger partial charge in [-0.15, -0.1) is 0 Å². The zero-order valence-electron chi connectivity index (χ0n) is 9.17. The molecule has 1 N–H and O–H groups in total. The van der Waals surface area contributed by atoms with E-state index in [4.69, 9.17) is 14.3 Å². The summed E-state index contributed by atoms with van der Waals surface area (Å²) in [6.07, 6.45) is 1.53. The molecule has 1 aliphatic rings. The van der Waals surface area contributed by atoms with Crippen LogP contribution in [0.2, 0.25) is 0 Å². The van der Waals surface area contributed by atoms with E-state index in [9.17, 15) is 9.59 Å². The quantitative estimate of drug-likeness (QED) is 0.841. The van der Waals surface area contributed by atoms with Crippen molar-refractivity contribution in [3.05, 3.63) is 24.2 Å². The number of carboxylic acid groups (broad SMARTS) is 1. The number of furan rings is 1. The van der Waals surface area contributed by atoms with Gasteiger partial charge in [-0.2, -0.15) is 0 Å². The number of carbonyl (C=O) groups excluding carboxylic acids is 1. The largest absolute Gasteiger partial charge is 0.481 e. The van der Waals surface area contributed by atoms with Gasteiger partial charge >= 0.3 is 12.1 Å². The van der Waals surface area contributed by atoms with Crippen LogP contribution in [-0.2, 0) is 16.1 Å². The first-order valence-corrected chi connectivity index (χ1v) is 5.34. The van der Waals surface area contributed by atoms with Crippen LogP contribution in [0.25, 0.3) is 0 Å². The maximum Gasteiger partial charge on any atom is 0.410 e. The number of cyclic esters (lactones) is 1. The Morgan fingerprint density at radius 2 is 2.41 bits per heavy atom. The number of hydrogen-bond donors (Lipinski definition) is 1. The van der Waals surface area contributed by atoms with Gasteiger partial charge in [0.15, 0.2) is 0 Å². The van der Waals surface area contributed by atoms with Crippen LogP contribution >= 0.6 is 0 Å². The van der Waals surface area contributed by atoms with Crippen LogP contribution in [-0.4, -0.2) is 34.7 Å². The molecule has 6 heteroatoms. The molecule has 0 aromatic carbocycles. The van der Waals surface area contributed by atoms with Gasteiger partial charge in [-0.25, -0.2) is 4.79 Å². The SMILES string of the molecule is O=C(O)CCC1COC(=O)N1Cc1ccco1. The van der Waals surface area contributed by atoms with Gasteiger partial charge in [0, 0.05) is 6.42 Å². The van der Waals surface area contributed by atoms with Crippen molar-refractivity contribution in [3.63, 3.8) is 0 Å². The van der Waals surface area contributed by atoms with Crippen molar-refractivity contribution in [2.45, 2.75) is 25.4 Å². The number of nitrogens with zero attached hydrogens (tertiary/aromatic N) is 1. The molecule has 1 fully saturated rings. The number of carboxylic acids is 1. The van der Waals surface area contributed by atoms with Gasteiger partial charge in [0.1, 0.15) is 12.4 Å². The monoisotopic (exact) mass is 239 g/mol. The van der Waals surface area contributed by atoms with E-state index >= 15 is 0 Å². The number of aliphatic carboxylic acids is 1. The molecule has 0 aliphatic carbocycles. The summed E-state index contributed by atoms with van der Waals surface area (Å²) in [6.45, 7) is 0.558. The van der Waals surface area contributed by atoms with Crippen molar-refractivity contribution in [2.24, 2.45) is 0 Å². The number of ether oxygens (including phenoxy) is 1. The van der Waals surface area contributed by atoms with E-state index in [1.54, 1.807) is 12.1 Å². The van der Waals surface area contributed by atoms with Crippen LogP contribution in [0.15, 0.2) is 22.8 Å². The van der Waals surface area contributed by atoms with Crippen LogP contribution in [0.1, 0.15) is 18.6 Å². The van der Waals surface area contributed by atoms with Crippen molar-refractivity contribution in [1.82, 2.24) is 4.90 Å². The summed E-state index contributed by atoms with van der Waals surface area (Å²) in [5.74, 6) is -0.216. The average Bonchev–Trinajstić information content (AvgIpc) is 2.89. The molecule has 1 aromatic heterocycles. The van der Waals surface area contributed by atoms with E-state index in [1.807, 2.05) is 0 Å². The van der Waals surface area contributed by atoms with E-state index < -0.39 is 12.1 Å². The molecule has 0 radical (unpaired) electrons. The first kappa shape index (κ1) is 11.5. The molecule has 0 spiro atoms. The van der Waals surface area contributed by atoms with Crippen LogP contribution in [0.5, 0.6) is 0 Å². The topological polar surface area (TPSA) is 80.0 Å². The van der Waals surface area contributed by atoms with E-state index in [2.05, 4.69) is 0 Å². The fourth-order valence-corrected chi connectivity index (χ4v) is 1.78. The molecule has 1 amide bonds. The summed E-state index contributed by atoms with van der Waals surface area (Å²) >= 11 is 0. The summed E-state index contributed by atoms with van der Waals surface area (Å²) in [6, 6.07) is 3.31. The molecule has 1 aliphatic heterocycles. The van der Waals surface area contributed by atoms with E-state index in [0.717, 1.165) is 0 Å². The number of rotatable bonds is 5. The lowest BCUT2D eigenvalue weighted by Gasteiger charge is -2.19. The third-order valence-electron chi connectivity index (χ3n) is 2.67. The Labute approximate surface area is 97.8 Å². The molecule has 1 atom stereocenters. The van der Waals surface area contributed by atoms with Gasteiger partial charge in [-0.1, -0.05) is 0 Å². The highest BCUT2D eigenvalue weighted by Gasteiger charge is 2.33. The Morgan fingerprint density at radius 3 is 3.06 bits per heavy atom. The lowest BCUT2D eigenvalue weighted by Crippen LogP contribution is -2.33. The lowest BCUT2D eigenvalue weighted by molar-refractivity contribution is -0.137. The van der Waals surface area contributed by atoms with E-state index in [1.165, 1.54) is 11.2 Å². The van der Waals surface area contributed by atoms with Crippen molar-refractivity contribution < 1.29 is 23.8 Å². The zero-order valence-corrected chi connectivity index (χ0v) is 9.17. The minimum absolute atomic E-state index is 0.0238. The van der Waals surface area contributed by atoms with Crippen LogP contribution in [0.4, 0.5) is 4.79 Å². The van der Waals surface area contributed by atoms with Gasteiger partial charge in [0.2, 0.25) is 0 Å². The predicted octanol–water partition coefficient (Wildman–Crippen LogP) is 1.47.